The van der Waals surface area contributed by atoms with E-state index in [1.54, 1.807) is 18.2 Å². The van der Waals surface area contributed by atoms with E-state index in [2.05, 4.69) is 19.9 Å². The third-order valence-electron chi connectivity index (χ3n) is 4.73. The zero-order valence-electron chi connectivity index (χ0n) is 12.1. The van der Waals surface area contributed by atoms with Gasteiger partial charge in [0.1, 0.15) is 5.82 Å². The Balaban J connectivity index is 2.14. The molecule has 108 valence electrons. The fraction of sp³-hybridized carbons (Fsp3) is 0.588. The molecule has 20 heavy (non-hydrogen) atoms. The highest BCUT2D eigenvalue weighted by Crippen LogP contribution is 2.43. The highest BCUT2D eigenvalue weighted by atomic mass is 35.5. The van der Waals surface area contributed by atoms with Crippen molar-refractivity contribution < 1.29 is 4.39 Å². The number of hydrogen-bond donors (Lipinski definition) is 0. The third kappa shape index (κ3) is 3.15. The summed E-state index contributed by atoms with van der Waals surface area (Å²) in [7, 11) is 0. The van der Waals surface area contributed by atoms with Crippen LogP contribution in [0.2, 0.25) is 5.02 Å². The van der Waals surface area contributed by atoms with E-state index in [1.807, 2.05) is 0 Å². The Morgan fingerprint density at radius 1 is 1.40 bits per heavy atom. The van der Waals surface area contributed by atoms with E-state index < -0.39 is 5.41 Å². The predicted molar refractivity (Wildman–Crippen MR) is 80.0 cm³/mol. The molecule has 1 aliphatic carbocycles. The first-order valence-corrected chi connectivity index (χ1v) is 7.69. The SMILES string of the molecule is CC(C)C1CCC(C#N)(Cc2cccc(Cl)c2F)CC1. The molecule has 0 bridgehead atoms. The molecule has 0 aromatic heterocycles. The van der Waals surface area contributed by atoms with E-state index in [4.69, 9.17) is 11.6 Å². The van der Waals surface area contributed by atoms with Gasteiger partial charge in [0, 0.05) is 0 Å². The molecule has 2 rings (SSSR count). The van der Waals surface area contributed by atoms with Gasteiger partial charge in [-0.1, -0.05) is 37.6 Å². The molecule has 1 fully saturated rings. The lowest BCUT2D eigenvalue weighted by atomic mass is 9.66. The molecule has 0 N–H and O–H groups in total. The Kier molecular flexibility index (Phi) is 4.70. The van der Waals surface area contributed by atoms with Gasteiger partial charge in [-0.25, -0.2) is 4.39 Å². The van der Waals surface area contributed by atoms with Crippen LogP contribution in [-0.2, 0) is 6.42 Å². The van der Waals surface area contributed by atoms with E-state index in [0.717, 1.165) is 25.7 Å². The number of hydrogen-bond acceptors (Lipinski definition) is 1. The van der Waals surface area contributed by atoms with E-state index >= 15 is 0 Å². The topological polar surface area (TPSA) is 23.8 Å². The molecule has 0 saturated heterocycles. The minimum atomic E-state index is -0.420. The average molecular weight is 294 g/mol. The van der Waals surface area contributed by atoms with Crippen molar-refractivity contribution >= 4 is 11.6 Å². The van der Waals surface area contributed by atoms with Crippen molar-refractivity contribution in [2.45, 2.75) is 46.0 Å². The van der Waals surface area contributed by atoms with Crippen molar-refractivity contribution in [1.82, 2.24) is 0 Å². The molecule has 0 atom stereocenters. The van der Waals surface area contributed by atoms with Crippen LogP contribution < -0.4 is 0 Å². The van der Waals surface area contributed by atoms with Crippen molar-refractivity contribution in [3.8, 4) is 6.07 Å². The Morgan fingerprint density at radius 2 is 2.05 bits per heavy atom. The van der Waals surface area contributed by atoms with Crippen molar-refractivity contribution in [1.29, 1.82) is 5.26 Å². The van der Waals surface area contributed by atoms with Crippen molar-refractivity contribution in [2.24, 2.45) is 17.3 Å². The molecule has 0 unspecified atom stereocenters. The first kappa shape index (κ1) is 15.3. The Labute approximate surface area is 125 Å². The first-order chi connectivity index (χ1) is 9.47. The van der Waals surface area contributed by atoms with E-state index in [0.29, 0.717) is 23.8 Å². The first-order valence-electron chi connectivity index (χ1n) is 7.31. The summed E-state index contributed by atoms with van der Waals surface area (Å²) in [5.74, 6) is 0.991. The second-order valence-corrected chi connectivity index (χ2v) is 6.77. The maximum Gasteiger partial charge on any atom is 0.145 e. The number of halogens is 2. The van der Waals surface area contributed by atoms with Gasteiger partial charge in [0.25, 0.3) is 0 Å². The Bertz CT molecular complexity index is 510. The van der Waals surface area contributed by atoms with E-state index in [-0.39, 0.29) is 10.8 Å². The average Bonchev–Trinajstić information content (AvgIpc) is 2.44. The largest absolute Gasteiger partial charge is 0.205 e. The van der Waals surface area contributed by atoms with Gasteiger partial charge in [0.15, 0.2) is 0 Å². The van der Waals surface area contributed by atoms with Gasteiger partial charge in [-0.15, -0.1) is 0 Å². The fourth-order valence-corrected chi connectivity index (χ4v) is 3.43. The summed E-state index contributed by atoms with van der Waals surface area (Å²) in [4.78, 5) is 0. The van der Waals surface area contributed by atoms with Gasteiger partial charge in [-0.2, -0.15) is 5.26 Å². The molecule has 0 amide bonds. The maximum atomic E-state index is 14.0. The van der Waals surface area contributed by atoms with Crippen LogP contribution >= 0.6 is 11.6 Å². The summed E-state index contributed by atoms with van der Waals surface area (Å²) in [5.41, 5.74) is 0.152. The molecule has 1 aromatic carbocycles. The second-order valence-electron chi connectivity index (χ2n) is 6.36. The highest BCUT2D eigenvalue weighted by molar-refractivity contribution is 6.30. The summed E-state index contributed by atoms with van der Waals surface area (Å²) in [5, 5.41) is 9.73. The monoisotopic (exact) mass is 293 g/mol. The van der Waals surface area contributed by atoms with Crippen LogP contribution in [0.15, 0.2) is 18.2 Å². The molecule has 1 nitrogen and oxygen atoms in total. The van der Waals surface area contributed by atoms with Crippen LogP contribution in [-0.4, -0.2) is 0 Å². The van der Waals surface area contributed by atoms with E-state index in [1.165, 1.54) is 0 Å². The van der Waals surface area contributed by atoms with Gasteiger partial charge in [0.2, 0.25) is 0 Å². The zero-order chi connectivity index (χ0) is 14.8. The lowest BCUT2D eigenvalue weighted by Gasteiger charge is -2.36. The number of nitriles is 1. The Morgan fingerprint density at radius 3 is 2.60 bits per heavy atom. The number of nitrogens with zero attached hydrogens (tertiary/aromatic N) is 1. The van der Waals surface area contributed by atoms with Gasteiger partial charge in [0.05, 0.1) is 16.5 Å². The third-order valence-corrected chi connectivity index (χ3v) is 5.02. The molecule has 0 heterocycles. The molecule has 1 saturated carbocycles. The summed E-state index contributed by atoms with van der Waals surface area (Å²) >= 11 is 5.83. The molecule has 0 spiro atoms. The van der Waals surface area contributed by atoms with Gasteiger partial charge in [-0.3, -0.25) is 0 Å². The lowest BCUT2D eigenvalue weighted by Crippen LogP contribution is -2.30. The molecule has 0 radical (unpaired) electrons. The minimum absolute atomic E-state index is 0.145. The summed E-state index contributed by atoms with van der Waals surface area (Å²) in [6.45, 7) is 4.47. The van der Waals surface area contributed by atoms with Crippen LogP contribution in [0.25, 0.3) is 0 Å². The highest BCUT2D eigenvalue weighted by Gasteiger charge is 2.37. The maximum absolute atomic E-state index is 14.0. The standard InChI is InChI=1S/C17H21ClFN/c1-12(2)13-6-8-17(11-20,9-7-13)10-14-4-3-5-15(18)16(14)19/h3-5,12-13H,6-10H2,1-2H3. The van der Waals surface area contributed by atoms with Crippen molar-refractivity contribution in [3.05, 3.63) is 34.6 Å². The van der Waals surface area contributed by atoms with Crippen LogP contribution in [0.4, 0.5) is 4.39 Å². The lowest BCUT2D eigenvalue weighted by molar-refractivity contribution is 0.174. The molecule has 1 aromatic rings. The quantitative estimate of drug-likeness (QED) is 0.734. The van der Waals surface area contributed by atoms with Crippen LogP contribution in [0.1, 0.15) is 45.1 Å². The summed E-state index contributed by atoms with van der Waals surface area (Å²) in [6, 6.07) is 7.51. The van der Waals surface area contributed by atoms with Crippen LogP contribution in [0, 0.1) is 34.4 Å². The minimum Gasteiger partial charge on any atom is -0.205 e. The van der Waals surface area contributed by atoms with Crippen molar-refractivity contribution in [2.75, 3.05) is 0 Å². The van der Waals surface area contributed by atoms with Gasteiger partial charge in [-0.05, 0) is 55.6 Å². The molecule has 1 aliphatic rings. The van der Waals surface area contributed by atoms with Gasteiger partial charge >= 0.3 is 0 Å². The summed E-state index contributed by atoms with van der Waals surface area (Å²) < 4.78 is 14.0. The molecule has 3 heteroatoms. The summed E-state index contributed by atoms with van der Waals surface area (Å²) in [6.07, 6.45) is 4.32. The predicted octanol–water partition coefficient (Wildman–Crippen LogP) is 5.38. The van der Waals surface area contributed by atoms with Crippen molar-refractivity contribution in [3.63, 3.8) is 0 Å². The molecular formula is C17H21ClFN. The normalized spacial score (nSPS) is 26.5. The number of rotatable bonds is 3. The fourth-order valence-electron chi connectivity index (χ4n) is 3.24. The molecular weight excluding hydrogens is 273 g/mol. The van der Waals surface area contributed by atoms with Crippen LogP contribution in [0.3, 0.4) is 0 Å². The zero-order valence-corrected chi connectivity index (χ0v) is 12.9. The van der Waals surface area contributed by atoms with E-state index in [9.17, 15) is 9.65 Å². The second kappa shape index (κ2) is 6.14. The number of benzene rings is 1. The van der Waals surface area contributed by atoms with Crippen LogP contribution in [0.5, 0.6) is 0 Å². The van der Waals surface area contributed by atoms with Gasteiger partial charge < -0.3 is 0 Å². The smallest absolute Gasteiger partial charge is 0.145 e. The Hall–Kier alpha value is -1.07. The molecule has 0 aliphatic heterocycles.